The van der Waals surface area contributed by atoms with Gasteiger partial charge in [-0.2, -0.15) is 5.26 Å². The minimum absolute atomic E-state index is 0.137. The Morgan fingerprint density at radius 2 is 1.62 bits per heavy atom. The molecular formula is C26H32N2O5S4. The molecule has 0 amide bonds. The van der Waals surface area contributed by atoms with Crippen molar-refractivity contribution in [3.63, 3.8) is 0 Å². The van der Waals surface area contributed by atoms with Gasteiger partial charge in [-0.1, -0.05) is 71.2 Å². The number of hydrogen-bond acceptors (Lipinski definition) is 11. The number of aromatic nitrogens is 1. The van der Waals surface area contributed by atoms with Crippen molar-refractivity contribution in [2.24, 2.45) is 0 Å². The molecule has 11 heteroatoms. The molecule has 1 aromatic heterocycles. The van der Waals surface area contributed by atoms with Crippen molar-refractivity contribution in [2.75, 3.05) is 52.0 Å². The monoisotopic (exact) mass is 580 g/mol. The van der Waals surface area contributed by atoms with Crippen LogP contribution in [-0.2, 0) is 23.7 Å². The van der Waals surface area contributed by atoms with Crippen LogP contribution in [0.1, 0.15) is 25.3 Å². The summed E-state index contributed by atoms with van der Waals surface area (Å²) in [5.41, 5.74) is 0.894. The molecule has 0 aliphatic heterocycles. The summed E-state index contributed by atoms with van der Waals surface area (Å²) in [4.78, 5) is 16.3. The average Bonchev–Trinajstić information content (AvgIpc) is 2.93. The molecule has 7 nitrogen and oxygen atoms in total. The maximum atomic E-state index is 12.1. The standard InChI is InChI=1S/C26H32N2O5S4/c1-26(21-27,36-25(34)22-7-3-2-4-8-22)11-10-24(29)33-18-17-31-14-13-30-15-16-32-19-20-35-37-23-9-5-6-12-28-23/h2-9,12H,10-11,13-20H2,1H3. The van der Waals surface area contributed by atoms with Crippen LogP contribution >= 0.6 is 45.6 Å². The normalized spacial score (nSPS) is 12.4. The third kappa shape index (κ3) is 14.8. The summed E-state index contributed by atoms with van der Waals surface area (Å²) < 4.78 is 21.5. The highest BCUT2D eigenvalue weighted by atomic mass is 33.1. The largest absolute Gasteiger partial charge is 0.463 e. The minimum atomic E-state index is -0.805. The van der Waals surface area contributed by atoms with Gasteiger partial charge in [0.15, 0.2) is 0 Å². The van der Waals surface area contributed by atoms with Crippen molar-refractivity contribution in [1.29, 1.82) is 5.26 Å². The van der Waals surface area contributed by atoms with E-state index in [1.165, 1.54) is 11.8 Å². The summed E-state index contributed by atoms with van der Waals surface area (Å²) in [7, 11) is 3.34. The highest BCUT2D eigenvalue weighted by Crippen LogP contribution is 2.33. The zero-order valence-electron chi connectivity index (χ0n) is 20.8. The van der Waals surface area contributed by atoms with Crippen LogP contribution in [0.15, 0.2) is 59.8 Å². The Bertz CT molecular complexity index is 962. The molecule has 1 atom stereocenters. The van der Waals surface area contributed by atoms with Crippen LogP contribution in [-0.4, -0.2) is 71.9 Å². The van der Waals surface area contributed by atoms with E-state index in [2.05, 4.69) is 11.1 Å². The molecule has 1 heterocycles. The number of carbonyl (C=O) groups excluding carboxylic acids is 1. The van der Waals surface area contributed by atoms with Crippen molar-refractivity contribution < 1.29 is 23.7 Å². The molecule has 0 bridgehead atoms. The highest BCUT2D eigenvalue weighted by molar-refractivity contribution is 8.76. The lowest BCUT2D eigenvalue weighted by molar-refractivity contribution is -0.145. The molecule has 0 saturated carbocycles. The first kappa shape index (κ1) is 31.6. The molecular weight excluding hydrogens is 549 g/mol. The number of nitriles is 1. The van der Waals surface area contributed by atoms with Crippen LogP contribution in [0.5, 0.6) is 0 Å². The van der Waals surface area contributed by atoms with E-state index >= 15 is 0 Å². The summed E-state index contributed by atoms with van der Waals surface area (Å²) in [6.07, 6.45) is 2.27. The summed E-state index contributed by atoms with van der Waals surface area (Å²) in [6.45, 7) is 4.78. The van der Waals surface area contributed by atoms with Crippen LogP contribution in [0.2, 0.25) is 0 Å². The summed E-state index contributed by atoms with van der Waals surface area (Å²) in [5.74, 6) is 0.514. The number of hydrogen-bond donors (Lipinski definition) is 0. The van der Waals surface area contributed by atoms with Gasteiger partial charge in [0.1, 0.15) is 16.4 Å². The third-order valence-corrected chi connectivity index (χ3v) is 8.58. The molecule has 0 spiro atoms. The maximum absolute atomic E-state index is 12.1. The van der Waals surface area contributed by atoms with E-state index in [9.17, 15) is 10.1 Å². The van der Waals surface area contributed by atoms with Crippen LogP contribution in [0, 0.1) is 11.3 Å². The Balaban J connectivity index is 1.40. The Morgan fingerprint density at radius 1 is 0.973 bits per heavy atom. The average molecular weight is 581 g/mol. The van der Waals surface area contributed by atoms with E-state index in [0.29, 0.717) is 50.3 Å². The predicted molar refractivity (Wildman–Crippen MR) is 155 cm³/mol. The van der Waals surface area contributed by atoms with E-state index < -0.39 is 4.75 Å². The second-order valence-electron chi connectivity index (χ2n) is 7.73. The van der Waals surface area contributed by atoms with Crippen molar-refractivity contribution in [3.05, 3.63) is 60.3 Å². The number of thiocarbonyl (C=S) groups is 1. The van der Waals surface area contributed by atoms with Gasteiger partial charge in [-0.3, -0.25) is 4.79 Å². The van der Waals surface area contributed by atoms with E-state index in [1.807, 2.05) is 48.5 Å². The van der Waals surface area contributed by atoms with E-state index in [1.54, 1.807) is 34.7 Å². The van der Waals surface area contributed by atoms with Crippen LogP contribution < -0.4 is 0 Å². The van der Waals surface area contributed by atoms with E-state index in [-0.39, 0.29) is 19.0 Å². The number of esters is 1. The lowest BCUT2D eigenvalue weighted by atomic mass is 10.1. The molecule has 200 valence electrons. The van der Waals surface area contributed by atoms with Gasteiger partial charge >= 0.3 is 5.97 Å². The second kappa shape index (κ2) is 19.4. The quantitative estimate of drug-likeness (QED) is 0.0902. The Morgan fingerprint density at radius 3 is 2.27 bits per heavy atom. The number of benzene rings is 1. The fourth-order valence-corrected chi connectivity index (χ4v) is 6.07. The summed E-state index contributed by atoms with van der Waals surface area (Å²) >= 11 is 6.75. The summed E-state index contributed by atoms with van der Waals surface area (Å²) in [5, 5.41) is 10.6. The number of carbonyl (C=O) groups is 1. The number of nitrogens with zero attached hydrogens (tertiary/aromatic N) is 2. The van der Waals surface area contributed by atoms with Gasteiger partial charge in [-0.15, -0.1) is 0 Å². The van der Waals surface area contributed by atoms with E-state index in [4.69, 9.17) is 31.2 Å². The fraction of sp³-hybridized carbons (Fsp3) is 0.462. The Kier molecular flexibility index (Phi) is 16.6. The van der Waals surface area contributed by atoms with Gasteiger partial charge < -0.3 is 18.9 Å². The lowest BCUT2D eigenvalue weighted by Gasteiger charge is -2.20. The van der Waals surface area contributed by atoms with Crippen LogP contribution in [0.4, 0.5) is 0 Å². The Hall–Kier alpha value is -1.65. The van der Waals surface area contributed by atoms with Crippen molar-refractivity contribution in [1.82, 2.24) is 4.98 Å². The second-order valence-corrected chi connectivity index (χ2v) is 12.3. The van der Waals surface area contributed by atoms with Gasteiger partial charge in [0.2, 0.25) is 0 Å². The first-order chi connectivity index (χ1) is 18.0. The molecule has 2 rings (SSSR count). The van der Waals surface area contributed by atoms with Gasteiger partial charge in [0.05, 0.1) is 49.9 Å². The zero-order chi connectivity index (χ0) is 26.6. The topological polar surface area (TPSA) is 90.7 Å². The van der Waals surface area contributed by atoms with Crippen molar-refractivity contribution >= 4 is 55.7 Å². The number of thioether (sulfide) groups is 1. The highest BCUT2D eigenvalue weighted by Gasteiger charge is 2.28. The van der Waals surface area contributed by atoms with Crippen LogP contribution in [0.3, 0.4) is 0 Å². The molecule has 0 radical (unpaired) electrons. The minimum Gasteiger partial charge on any atom is -0.463 e. The molecule has 0 fully saturated rings. The van der Waals surface area contributed by atoms with Gasteiger partial charge in [0, 0.05) is 18.4 Å². The third-order valence-electron chi connectivity index (χ3n) is 4.70. The number of ether oxygens (including phenoxy) is 4. The smallest absolute Gasteiger partial charge is 0.305 e. The zero-order valence-corrected chi connectivity index (χ0v) is 24.1. The van der Waals surface area contributed by atoms with Crippen molar-refractivity contribution in [3.8, 4) is 6.07 Å². The molecule has 0 saturated heterocycles. The molecule has 0 N–H and O–H groups in total. The molecule has 2 aromatic rings. The number of pyridine rings is 1. The molecule has 1 aromatic carbocycles. The molecule has 0 aliphatic carbocycles. The molecule has 0 aliphatic rings. The summed E-state index contributed by atoms with van der Waals surface area (Å²) in [6, 6.07) is 17.7. The van der Waals surface area contributed by atoms with Crippen molar-refractivity contribution in [2.45, 2.75) is 29.5 Å². The SMILES string of the molecule is CC(C#N)(CCC(=O)OCCOCCOCCOCCSSc1ccccn1)SC(=S)c1ccccc1. The first-order valence-electron chi connectivity index (χ1n) is 11.8. The maximum Gasteiger partial charge on any atom is 0.305 e. The molecule has 1 unspecified atom stereocenters. The number of rotatable bonds is 19. The van der Waals surface area contributed by atoms with Gasteiger partial charge in [-0.05, 0) is 41.8 Å². The Labute approximate surface area is 236 Å². The fourth-order valence-electron chi connectivity index (χ4n) is 2.73. The van der Waals surface area contributed by atoms with Crippen LogP contribution in [0.25, 0.3) is 0 Å². The van der Waals surface area contributed by atoms with E-state index in [0.717, 1.165) is 16.3 Å². The lowest BCUT2D eigenvalue weighted by Crippen LogP contribution is -2.22. The predicted octanol–water partition coefficient (Wildman–Crippen LogP) is 5.59. The first-order valence-corrected chi connectivity index (χ1v) is 15.4. The van der Waals surface area contributed by atoms with Gasteiger partial charge in [0.25, 0.3) is 0 Å². The van der Waals surface area contributed by atoms with Gasteiger partial charge in [-0.25, -0.2) is 4.98 Å². The molecule has 37 heavy (non-hydrogen) atoms.